The zero-order chi connectivity index (χ0) is 20.0. The first kappa shape index (κ1) is 18.5. The van der Waals surface area contributed by atoms with E-state index in [1.807, 2.05) is 12.1 Å². The molecule has 2 aromatic carbocycles. The van der Waals surface area contributed by atoms with Crippen LogP contribution >= 0.6 is 0 Å². The van der Waals surface area contributed by atoms with Crippen LogP contribution in [0.15, 0.2) is 64.5 Å². The van der Waals surface area contributed by atoms with Crippen molar-refractivity contribution in [2.24, 2.45) is 11.8 Å². The van der Waals surface area contributed by atoms with Gasteiger partial charge in [0.05, 0.1) is 21.0 Å². The summed E-state index contributed by atoms with van der Waals surface area (Å²) in [6, 6.07) is 12.6. The molecule has 2 aliphatic heterocycles. The molecule has 0 spiro atoms. The maximum absolute atomic E-state index is 13.5. The van der Waals surface area contributed by atoms with Crippen LogP contribution < -0.4 is 10.2 Å². The van der Waals surface area contributed by atoms with Crippen LogP contribution in [0.2, 0.25) is 0 Å². The number of hydrogen-bond acceptors (Lipinski definition) is 5. The molecule has 0 aliphatic carbocycles. The van der Waals surface area contributed by atoms with Gasteiger partial charge in [-0.1, -0.05) is 18.2 Å². The molecule has 5 rings (SSSR count). The highest BCUT2D eigenvalue weighted by Crippen LogP contribution is 2.34. The van der Waals surface area contributed by atoms with Crippen molar-refractivity contribution in [1.29, 1.82) is 0 Å². The molecule has 7 heteroatoms. The Morgan fingerprint density at radius 2 is 1.86 bits per heavy atom. The van der Waals surface area contributed by atoms with E-state index in [0.717, 1.165) is 61.2 Å². The molecular formula is C22H22FN3O2S. The lowest BCUT2D eigenvalue weighted by Crippen LogP contribution is -2.40. The predicted octanol–water partition coefficient (Wildman–Crippen LogP) is 3.25. The molecule has 2 atom stereocenters. The Kier molecular flexibility index (Phi) is 4.52. The summed E-state index contributed by atoms with van der Waals surface area (Å²) < 4.78 is 39.4. The van der Waals surface area contributed by atoms with Crippen molar-refractivity contribution in [3.05, 3.63) is 60.5 Å². The van der Waals surface area contributed by atoms with E-state index >= 15 is 0 Å². The first-order valence-corrected chi connectivity index (χ1v) is 11.4. The first-order chi connectivity index (χ1) is 14.0. The largest absolute Gasteiger partial charge is 0.369 e. The van der Waals surface area contributed by atoms with E-state index in [2.05, 4.69) is 21.3 Å². The maximum atomic E-state index is 13.5. The van der Waals surface area contributed by atoms with Gasteiger partial charge in [-0.05, 0) is 61.7 Å². The fraction of sp³-hybridized carbons (Fsp3) is 0.318. The van der Waals surface area contributed by atoms with Gasteiger partial charge in [-0.2, -0.15) is 0 Å². The number of halogens is 1. The van der Waals surface area contributed by atoms with Crippen molar-refractivity contribution in [3.63, 3.8) is 0 Å². The molecule has 2 unspecified atom stereocenters. The van der Waals surface area contributed by atoms with E-state index in [-0.39, 0.29) is 9.79 Å². The van der Waals surface area contributed by atoms with Gasteiger partial charge in [0.1, 0.15) is 5.82 Å². The molecule has 0 radical (unpaired) electrons. The van der Waals surface area contributed by atoms with Gasteiger partial charge in [-0.25, -0.2) is 12.8 Å². The van der Waals surface area contributed by atoms with Crippen LogP contribution in [-0.2, 0) is 9.84 Å². The van der Waals surface area contributed by atoms with Crippen LogP contribution in [0.4, 0.5) is 10.1 Å². The van der Waals surface area contributed by atoms with Gasteiger partial charge in [-0.3, -0.25) is 4.98 Å². The molecule has 3 heterocycles. The number of sulfone groups is 1. The average Bonchev–Trinajstić information content (AvgIpc) is 3.20. The third-order valence-electron chi connectivity index (χ3n) is 6.13. The molecule has 2 aliphatic rings. The SMILES string of the molecule is O=S(=O)(c1cccc(F)c1)c1cnc2c(N3CCC4CNCC4C3)cccc2c1. The Bertz CT molecular complexity index is 1180. The van der Waals surface area contributed by atoms with E-state index in [1.54, 1.807) is 6.07 Å². The molecule has 5 nitrogen and oxygen atoms in total. The highest BCUT2D eigenvalue weighted by atomic mass is 32.2. The normalized spacial score (nSPS) is 22.0. The van der Waals surface area contributed by atoms with Crippen molar-refractivity contribution in [3.8, 4) is 0 Å². The topological polar surface area (TPSA) is 62.3 Å². The molecule has 2 saturated heterocycles. The van der Waals surface area contributed by atoms with Gasteiger partial charge in [0.2, 0.25) is 9.84 Å². The van der Waals surface area contributed by atoms with Crippen molar-refractivity contribution >= 4 is 26.4 Å². The zero-order valence-electron chi connectivity index (χ0n) is 15.9. The van der Waals surface area contributed by atoms with Crippen molar-refractivity contribution in [2.75, 3.05) is 31.1 Å². The number of piperidine rings is 1. The standard InChI is InChI=1S/C22H22FN3O2S/c23-18-4-2-5-19(10-18)29(27,28)20-9-15-3-1-6-21(22(15)25-13-20)26-8-7-16-11-24-12-17(16)14-26/h1-6,9-10,13,16-17,24H,7-8,11-12,14H2. The number of nitrogens with zero attached hydrogens (tertiary/aromatic N) is 2. The number of para-hydroxylation sites is 1. The van der Waals surface area contributed by atoms with Crippen LogP contribution in [-0.4, -0.2) is 39.6 Å². The molecule has 0 amide bonds. The van der Waals surface area contributed by atoms with Gasteiger partial charge in [0.15, 0.2) is 0 Å². The minimum Gasteiger partial charge on any atom is -0.369 e. The van der Waals surface area contributed by atoms with Gasteiger partial charge in [-0.15, -0.1) is 0 Å². The van der Waals surface area contributed by atoms with Crippen molar-refractivity contribution < 1.29 is 12.8 Å². The minimum absolute atomic E-state index is 0.0642. The van der Waals surface area contributed by atoms with E-state index in [0.29, 0.717) is 5.92 Å². The summed E-state index contributed by atoms with van der Waals surface area (Å²) in [5.41, 5.74) is 1.85. The van der Waals surface area contributed by atoms with Crippen LogP contribution in [0.5, 0.6) is 0 Å². The summed E-state index contributed by atoms with van der Waals surface area (Å²) in [4.78, 5) is 6.90. The highest BCUT2D eigenvalue weighted by molar-refractivity contribution is 7.91. The Morgan fingerprint density at radius 3 is 2.72 bits per heavy atom. The number of pyridine rings is 1. The Hall–Kier alpha value is -2.51. The quantitative estimate of drug-likeness (QED) is 0.717. The number of anilines is 1. The number of hydrogen-bond donors (Lipinski definition) is 1. The Balaban J connectivity index is 1.52. The third-order valence-corrected chi connectivity index (χ3v) is 7.84. The van der Waals surface area contributed by atoms with Gasteiger partial charge < -0.3 is 10.2 Å². The summed E-state index contributed by atoms with van der Waals surface area (Å²) in [6.45, 7) is 4.12. The van der Waals surface area contributed by atoms with Crippen LogP contribution in [0.3, 0.4) is 0 Å². The zero-order valence-corrected chi connectivity index (χ0v) is 16.7. The fourth-order valence-corrected chi connectivity index (χ4v) is 5.82. The second-order valence-electron chi connectivity index (χ2n) is 7.89. The number of aromatic nitrogens is 1. The number of rotatable bonds is 3. The average molecular weight is 412 g/mol. The summed E-state index contributed by atoms with van der Waals surface area (Å²) in [7, 11) is -3.83. The predicted molar refractivity (Wildman–Crippen MR) is 110 cm³/mol. The maximum Gasteiger partial charge on any atom is 0.208 e. The monoisotopic (exact) mass is 411 g/mol. The third kappa shape index (κ3) is 3.28. The number of fused-ring (bicyclic) bond motifs is 2. The van der Waals surface area contributed by atoms with E-state index in [4.69, 9.17) is 0 Å². The first-order valence-electron chi connectivity index (χ1n) is 9.87. The summed E-state index contributed by atoms with van der Waals surface area (Å²) in [5.74, 6) is 0.816. The minimum atomic E-state index is -3.83. The van der Waals surface area contributed by atoms with Crippen molar-refractivity contribution in [2.45, 2.75) is 16.2 Å². The molecule has 1 N–H and O–H groups in total. The molecule has 29 heavy (non-hydrogen) atoms. The van der Waals surface area contributed by atoms with Crippen LogP contribution in [0.1, 0.15) is 6.42 Å². The van der Waals surface area contributed by atoms with E-state index in [9.17, 15) is 12.8 Å². The molecule has 2 fully saturated rings. The smallest absolute Gasteiger partial charge is 0.208 e. The van der Waals surface area contributed by atoms with Crippen molar-refractivity contribution in [1.82, 2.24) is 10.3 Å². The number of benzene rings is 2. The second-order valence-corrected chi connectivity index (χ2v) is 9.84. The number of nitrogens with one attached hydrogen (secondary N) is 1. The fourth-order valence-electron chi connectivity index (χ4n) is 4.55. The van der Waals surface area contributed by atoms with Gasteiger partial charge in [0, 0.05) is 24.7 Å². The Morgan fingerprint density at radius 1 is 1.03 bits per heavy atom. The molecular weight excluding hydrogens is 389 g/mol. The lowest BCUT2D eigenvalue weighted by molar-refractivity contribution is 0.349. The molecule has 3 aromatic rings. The molecule has 1 aromatic heterocycles. The molecule has 0 bridgehead atoms. The van der Waals surface area contributed by atoms with Crippen LogP contribution in [0.25, 0.3) is 10.9 Å². The van der Waals surface area contributed by atoms with Crippen LogP contribution in [0, 0.1) is 17.7 Å². The lowest BCUT2D eigenvalue weighted by Gasteiger charge is -2.36. The lowest BCUT2D eigenvalue weighted by atomic mass is 9.88. The highest BCUT2D eigenvalue weighted by Gasteiger charge is 2.33. The molecule has 150 valence electrons. The molecule has 0 saturated carbocycles. The summed E-state index contributed by atoms with van der Waals surface area (Å²) >= 11 is 0. The summed E-state index contributed by atoms with van der Waals surface area (Å²) in [5, 5.41) is 4.25. The van der Waals surface area contributed by atoms with Gasteiger partial charge >= 0.3 is 0 Å². The second kappa shape index (κ2) is 7.07. The Labute approximate surface area is 169 Å². The van der Waals surface area contributed by atoms with E-state index in [1.165, 1.54) is 24.4 Å². The van der Waals surface area contributed by atoms with Gasteiger partial charge in [0.25, 0.3) is 0 Å². The van der Waals surface area contributed by atoms with E-state index < -0.39 is 15.7 Å². The summed E-state index contributed by atoms with van der Waals surface area (Å²) in [6.07, 6.45) is 2.54.